The Kier molecular flexibility index (Phi) is 4.59. The lowest BCUT2D eigenvalue weighted by atomic mass is 10.1. The number of carbonyl (C=O) groups excluding carboxylic acids is 1. The second-order valence-corrected chi connectivity index (χ2v) is 5.15. The molecule has 1 aromatic rings. The molecule has 0 spiro atoms. The summed E-state index contributed by atoms with van der Waals surface area (Å²) in [6, 6.07) is 3.81. The highest BCUT2D eigenvalue weighted by Gasteiger charge is 2.25. The van der Waals surface area contributed by atoms with Gasteiger partial charge in [-0.2, -0.15) is 0 Å². The van der Waals surface area contributed by atoms with Gasteiger partial charge < -0.3 is 4.90 Å². The third kappa shape index (κ3) is 3.02. The predicted octanol–water partition coefficient (Wildman–Crippen LogP) is 3.01. The Morgan fingerprint density at radius 2 is 2.33 bits per heavy atom. The fourth-order valence-electron chi connectivity index (χ4n) is 2.45. The largest absolute Gasteiger partial charge is 0.334 e. The first-order chi connectivity index (χ1) is 8.72. The lowest BCUT2D eigenvalue weighted by Crippen LogP contribution is -2.41. The Morgan fingerprint density at radius 3 is 3.06 bits per heavy atom. The molecule has 1 fully saturated rings. The SMILES string of the molecule is Cc1cc(C(=O)N2CCCCCC2CCl)ccn1. The van der Waals surface area contributed by atoms with Crippen LogP contribution >= 0.6 is 11.6 Å². The number of amides is 1. The molecule has 1 saturated heterocycles. The first kappa shape index (κ1) is 13.3. The van der Waals surface area contributed by atoms with Gasteiger partial charge in [-0.3, -0.25) is 9.78 Å². The molecular formula is C14H19ClN2O. The van der Waals surface area contributed by atoms with Crippen LogP contribution in [0.15, 0.2) is 18.3 Å². The smallest absolute Gasteiger partial charge is 0.254 e. The summed E-state index contributed by atoms with van der Waals surface area (Å²) < 4.78 is 0. The lowest BCUT2D eigenvalue weighted by molar-refractivity contribution is 0.0700. The van der Waals surface area contributed by atoms with Gasteiger partial charge in [0.25, 0.3) is 5.91 Å². The number of aryl methyl sites for hydroxylation is 1. The first-order valence-electron chi connectivity index (χ1n) is 6.52. The minimum atomic E-state index is 0.0908. The molecule has 0 saturated carbocycles. The molecule has 0 aliphatic carbocycles. The van der Waals surface area contributed by atoms with Crippen LogP contribution in [-0.2, 0) is 0 Å². The van der Waals surface area contributed by atoms with Crippen molar-refractivity contribution >= 4 is 17.5 Å². The van der Waals surface area contributed by atoms with E-state index in [0.29, 0.717) is 5.88 Å². The number of pyridine rings is 1. The van der Waals surface area contributed by atoms with Gasteiger partial charge in [0.1, 0.15) is 0 Å². The topological polar surface area (TPSA) is 33.2 Å². The van der Waals surface area contributed by atoms with Gasteiger partial charge in [0, 0.05) is 35.9 Å². The highest BCUT2D eigenvalue weighted by atomic mass is 35.5. The van der Waals surface area contributed by atoms with Crippen molar-refractivity contribution in [2.24, 2.45) is 0 Å². The van der Waals surface area contributed by atoms with E-state index in [4.69, 9.17) is 11.6 Å². The van der Waals surface area contributed by atoms with Crippen molar-refractivity contribution in [2.45, 2.75) is 38.6 Å². The molecule has 1 aliphatic heterocycles. The van der Waals surface area contributed by atoms with E-state index in [9.17, 15) is 4.79 Å². The maximum absolute atomic E-state index is 12.5. The van der Waals surface area contributed by atoms with E-state index in [0.717, 1.165) is 37.1 Å². The molecule has 0 radical (unpaired) electrons. The standard InChI is InChI=1S/C14H19ClN2O/c1-11-9-12(6-7-16-11)14(18)17-8-4-2-3-5-13(17)10-15/h6-7,9,13H,2-5,8,10H2,1H3. The van der Waals surface area contributed by atoms with Crippen LogP contribution < -0.4 is 0 Å². The van der Waals surface area contributed by atoms with Crippen molar-refractivity contribution in [3.8, 4) is 0 Å². The highest BCUT2D eigenvalue weighted by molar-refractivity contribution is 6.18. The maximum Gasteiger partial charge on any atom is 0.254 e. The fourth-order valence-corrected chi connectivity index (χ4v) is 2.77. The van der Waals surface area contributed by atoms with Crippen molar-refractivity contribution in [3.05, 3.63) is 29.6 Å². The summed E-state index contributed by atoms with van der Waals surface area (Å²) in [6.45, 7) is 2.72. The second-order valence-electron chi connectivity index (χ2n) is 4.84. The Balaban J connectivity index is 2.19. The molecule has 2 heterocycles. The van der Waals surface area contributed by atoms with Gasteiger partial charge in [-0.15, -0.1) is 11.6 Å². The van der Waals surface area contributed by atoms with Crippen LogP contribution in [-0.4, -0.2) is 34.3 Å². The Morgan fingerprint density at radius 1 is 1.50 bits per heavy atom. The summed E-state index contributed by atoms with van der Waals surface area (Å²) in [5.41, 5.74) is 1.60. The van der Waals surface area contributed by atoms with Crippen molar-refractivity contribution < 1.29 is 4.79 Å². The van der Waals surface area contributed by atoms with Crippen LogP contribution in [0.2, 0.25) is 0 Å². The third-order valence-corrected chi connectivity index (χ3v) is 3.82. The Hall–Kier alpha value is -1.09. The van der Waals surface area contributed by atoms with Crippen molar-refractivity contribution in [1.82, 2.24) is 9.88 Å². The van der Waals surface area contributed by atoms with Gasteiger partial charge in [0.05, 0.1) is 0 Å². The monoisotopic (exact) mass is 266 g/mol. The number of carbonyl (C=O) groups is 1. The summed E-state index contributed by atoms with van der Waals surface area (Å²) in [5, 5.41) is 0. The summed E-state index contributed by atoms with van der Waals surface area (Å²) in [6.07, 6.45) is 6.13. The van der Waals surface area contributed by atoms with Crippen LogP contribution in [0.5, 0.6) is 0 Å². The molecule has 1 aromatic heterocycles. The molecule has 1 aliphatic rings. The van der Waals surface area contributed by atoms with Gasteiger partial charge in [0.15, 0.2) is 0 Å². The number of likely N-dealkylation sites (tertiary alicyclic amines) is 1. The molecule has 3 nitrogen and oxygen atoms in total. The van der Waals surface area contributed by atoms with E-state index >= 15 is 0 Å². The van der Waals surface area contributed by atoms with E-state index in [1.807, 2.05) is 17.9 Å². The van der Waals surface area contributed by atoms with E-state index in [2.05, 4.69) is 4.98 Å². The number of alkyl halides is 1. The number of halogens is 1. The molecule has 1 unspecified atom stereocenters. The Labute approximate surface area is 113 Å². The Bertz CT molecular complexity index is 422. The van der Waals surface area contributed by atoms with Gasteiger partial charge in [-0.1, -0.05) is 12.8 Å². The third-order valence-electron chi connectivity index (χ3n) is 3.46. The zero-order chi connectivity index (χ0) is 13.0. The minimum Gasteiger partial charge on any atom is -0.334 e. The van der Waals surface area contributed by atoms with E-state index < -0.39 is 0 Å². The molecule has 0 bridgehead atoms. The van der Waals surface area contributed by atoms with Gasteiger partial charge in [-0.25, -0.2) is 0 Å². The molecule has 0 N–H and O–H groups in total. The average Bonchev–Trinajstić information content (AvgIpc) is 2.62. The molecule has 18 heavy (non-hydrogen) atoms. The first-order valence-corrected chi connectivity index (χ1v) is 7.05. The number of hydrogen-bond donors (Lipinski definition) is 0. The molecule has 1 atom stereocenters. The van der Waals surface area contributed by atoms with E-state index in [1.165, 1.54) is 6.42 Å². The van der Waals surface area contributed by atoms with Crippen molar-refractivity contribution in [2.75, 3.05) is 12.4 Å². The quantitative estimate of drug-likeness (QED) is 0.771. The fraction of sp³-hybridized carbons (Fsp3) is 0.571. The van der Waals surface area contributed by atoms with Gasteiger partial charge in [0.2, 0.25) is 0 Å². The summed E-state index contributed by atoms with van der Waals surface area (Å²) in [5.74, 6) is 0.614. The predicted molar refractivity (Wildman–Crippen MR) is 73.0 cm³/mol. The number of aromatic nitrogens is 1. The van der Waals surface area contributed by atoms with Crippen LogP contribution in [0.25, 0.3) is 0 Å². The molecule has 4 heteroatoms. The molecule has 2 rings (SSSR count). The van der Waals surface area contributed by atoms with Gasteiger partial charge in [-0.05, 0) is 31.9 Å². The van der Waals surface area contributed by atoms with Crippen LogP contribution in [0, 0.1) is 6.92 Å². The zero-order valence-corrected chi connectivity index (χ0v) is 11.5. The highest BCUT2D eigenvalue weighted by Crippen LogP contribution is 2.20. The lowest BCUT2D eigenvalue weighted by Gasteiger charge is -2.28. The number of nitrogens with zero attached hydrogens (tertiary/aromatic N) is 2. The number of rotatable bonds is 2. The maximum atomic E-state index is 12.5. The van der Waals surface area contributed by atoms with Crippen LogP contribution in [0.4, 0.5) is 0 Å². The summed E-state index contributed by atoms with van der Waals surface area (Å²) in [4.78, 5) is 18.6. The van der Waals surface area contributed by atoms with Crippen molar-refractivity contribution in [3.63, 3.8) is 0 Å². The van der Waals surface area contributed by atoms with E-state index in [1.54, 1.807) is 12.3 Å². The summed E-state index contributed by atoms with van der Waals surface area (Å²) in [7, 11) is 0. The van der Waals surface area contributed by atoms with Crippen LogP contribution in [0.1, 0.15) is 41.7 Å². The second kappa shape index (κ2) is 6.19. The summed E-state index contributed by atoms with van der Waals surface area (Å²) >= 11 is 6.00. The van der Waals surface area contributed by atoms with Crippen molar-refractivity contribution in [1.29, 1.82) is 0 Å². The normalized spacial score (nSPS) is 20.6. The molecule has 1 amide bonds. The molecular weight excluding hydrogens is 248 g/mol. The minimum absolute atomic E-state index is 0.0908. The number of hydrogen-bond acceptors (Lipinski definition) is 2. The molecule has 98 valence electrons. The van der Waals surface area contributed by atoms with Gasteiger partial charge >= 0.3 is 0 Å². The van der Waals surface area contributed by atoms with Crippen LogP contribution in [0.3, 0.4) is 0 Å². The zero-order valence-electron chi connectivity index (χ0n) is 10.7. The molecule has 0 aromatic carbocycles. The average molecular weight is 267 g/mol. The van der Waals surface area contributed by atoms with E-state index in [-0.39, 0.29) is 11.9 Å².